The summed E-state index contributed by atoms with van der Waals surface area (Å²) in [6, 6.07) is 8.93. The zero-order valence-electron chi connectivity index (χ0n) is 17.6. The average molecular weight is 424 g/mol. The standard InChI is InChI=1S/C23H24N2O6/c1-4-31-19-11-14(8-9-18(19)30-3)17(10-13(2)26)25-22(28)16-7-5-6-15(12-20(24)27)21(16)23(25)29/h5-9,11,17H,4,10,12H2,1-3H3,(H2,24,27). The summed E-state index contributed by atoms with van der Waals surface area (Å²) in [5.41, 5.74) is 6.59. The molecule has 0 saturated carbocycles. The number of nitrogens with two attached hydrogens (primary N) is 1. The van der Waals surface area contributed by atoms with Gasteiger partial charge in [-0.15, -0.1) is 0 Å². The van der Waals surface area contributed by atoms with Crippen molar-refractivity contribution in [2.24, 2.45) is 5.73 Å². The molecule has 0 aliphatic carbocycles. The van der Waals surface area contributed by atoms with E-state index in [1.807, 2.05) is 6.92 Å². The maximum Gasteiger partial charge on any atom is 0.262 e. The second kappa shape index (κ2) is 8.99. The Bertz CT molecular complexity index is 1060. The highest BCUT2D eigenvalue weighted by atomic mass is 16.5. The van der Waals surface area contributed by atoms with Crippen molar-refractivity contribution in [2.75, 3.05) is 13.7 Å². The Hall–Kier alpha value is -3.68. The SMILES string of the molecule is CCOc1cc(C(CC(C)=O)N2C(=O)c3cccc(CC(N)=O)c3C2=O)ccc1OC. The van der Waals surface area contributed by atoms with Gasteiger partial charge in [-0.1, -0.05) is 18.2 Å². The van der Waals surface area contributed by atoms with E-state index in [0.29, 0.717) is 29.2 Å². The summed E-state index contributed by atoms with van der Waals surface area (Å²) in [5.74, 6) is -0.930. The van der Waals surface area contributed by atoms with Crippen molar-refractivity contribution in [3.8, 4) is 11.5 Å². The maximum absolute atomic E-state index is 13.3. The molecule has 1 unspecified atom stereocenters. The third-order valence-electron chi connectivity index (χ3n) is 5.06. The number of benzene rings is 2. The number of rotatable bonds is 9. The lowest BCUT2D eigenvalue weighted by Gasteiger charge is -2.26. The monoisotopic (exact) mass is 424 g/mol. The van der Waals surface area contributed by atoms with Gasteiger partial charge in [0.25, 0.3) is 11.8 Å². The Balaban J connectivity index is 2.09. The van der Waals surface area contributed by atoms with Crippen LogP contribution in [-0.2, 0) is 16.0 Å². The van der Waals surface area contributed by atoms with Crippen LogP contribution < -0.4 is 15.2 Å². The maximum atomic E-state index is 13.3. The van der Waals surface area contributed by atoms with E-state index in [0.717, 1.165) is 4.90 Å². The Labute approximate surface area is 179 Å². The van der Waals surface area contributed by atoms with E-state index in [-0.39, 0.29) is 29.8 Å². The van der Waals surface area contributed by atoms with E-state index >= 15 is 0 Å². The second-order valence-corrected chi connectivity index (χ2v) is 7.23. The fourth-order valence-electron chi connectivity index (χ4n) is 3.79. The summed E-state index contributed by atoms with van der Waals surface area (Å²) in [7, 11) is 1.51. The van der Waals surface area contributed by atoms with Crippen molar-refractivity contribution >= 4 is 23.5 Å². The molecule has 3 amide bonds. The third kappa shape index (κ3) is 4.28. The number of methoxy groups -OCH3 is 1. The Morgan fingerprint density at radius 1 is 1.10 bits per heavy atom. The molecule has 0 bridgehead atoms. The largest absolute Gasteiger partial charge is 0.493 e. The van der Waals surface area contributed by atoms with Gasteiger partial charge in [0.1, 0.15) is 5.78 Å². The van der Waals surface area contributed by atoms with Crippen LogP contribution in [0.1, 0.15) is 58.2 Å². The van der Waals surface area contributed by atoms with E-state index in [4.69, 9.17) is 15.2 Å². The molecule has 31 heavy (non-hydrogen) atoms. The average Bonchev–Trinajstić information content (AvgIpc) is 2.97. The topological polar surface area (TPSA) is 116 Å². The number of hydrogen-bond donors (Lipinski definition) is 1. The van der Waals surface area contributed by atoms with Crippen LogP contribution in [0.25, 0.3) is 0 Å². The lowest BCUT2D eigenvalue weighted by molar-refractivity contribution is -0.118. The molecule has 8 heteroatoms. The molecule has 0 aromatic heterocycles. The summed E-state index contributed by atoms with van der Waals surface area (Å²) < 4.78 is 10.9. The molecule has 2 aromatic carbocycles. The normalized spacial score (nSPS) is 13.7. The first kappa shape index (κ1) is 22.0. The fraction of sp³-hybridized carbons (Fsp3) is 0.304. The highest BCUT2D eigenvalue weighted by molar-refractivity contribution is 6.22. The van der Waals surface area contributed by atoms with Crippen LogP contribution in [0.3, 0.4) is 0 Å². The number of ketones is 1. The van der Waals surface area contributed by atoms with E-state index in [2.05, 4.69) is 0 Å². The van der Waals surface area contributed by atoms with Gasteiger partial charge in [-0.25, -0.2) is 0 Å². The molecule has 0 spiro atoms. The van der Waals surface area contributed by atoms with E-state index in [1.54, 1.807) is 30.3 Å². The Morgan fingerprint density at radius 3 is 2.45 bits per heavy atom. The number of nitrogens with zero attached hydrogens (tertiary/aromatic N) is 1. The predicted molar refractivity (Wildman–Crippen MR) is 112 cm³/mol. The second-order valence-electron chi connectivity index (χ2n) is 7.23. The van der Waals surface area contributed by atoms with Gasteiger partial charge in [-0.05, 0) is 43.2 Å². The number of imide groups is 1. The first-order valence-corrected chi connectivity index (χ1v) is 9.86. The minimum atomic E-state index is -0.837. The van der Waals surface area contributed by atoms with Gasteiger partial charge in [0.05, 0.1) is 37.3 Å². The number of hydrogen-bond acceptors (Lipinski definition) is 6. The molecule has 1 atom stereocenters. The number of fused-ring (bicyclic) bond motifs is 1. The quantitative estimate of drug-likeness (QED) is 0.618. The number of ether oxygens (including phenoxy) is 2. The minimum Gasteiger partial charge on any atom is -0.493 e. The molecular weight excluding hydrogens is 400 g/mol. The van der Waals surface area contributed by atoms with Crippen molar-refractivity contribution in [1.29, 1.82) is 0 Å². The molecule has 1 heterocycles. The van der Waals surface area contributed by atoms with Gasteiger partial charge in [-0.2, -0.15) is 0 Å². The molecule has 2 N–H and O–H groups in total. The highest BCUT2D eigenvalue weighted by Gasteiger charge is 2.42. The van der Waals surface area contributed by atoms with Crippen LogP contribution in [-0.4, -0.2) is 42.1 Å². The van der Waals surface area contributed by atoms with Crippen LogP contribution in [0.2, 0.25) is 0 Å². The molecule has 1 aliphatic heterocycles. The van der Waals surface area contributed by atoms with Crippen LogP contribution in [0.15, 0.2) is 36.4 Å². The van der Waals surface area contributed by atoms with Crippen molar-refractivity contribution in [3.05, 3.63) is 58.7 Å². The molecule has 0 fully saturated rings. The molecule has 8 nitrogen and oxygen atoms in total. The zero-order chi connectivity index (χ0) is 22.7. The Morgan fingerprint density at radius 2 is 1.84 bits per heavy atom. The summed E-state index contributed by atoms with van der Waals surface area (Å²) in [5, 5.41) is 0. The summed E-state index contributed by atoms with van der Waals surface area (Å²) in [6.45, 7) is 3.61. The van der Waals surface area contributed by atoms with Gasteiger partial charge in [0.15, 0.2) is 11.5 Å². The third-order valence-corrected chi connectivity index (χ3v) is 5.06. The molecule has 0 radical (unpaired) electrons. The van der Waals surface area contributed by atoms with Gasteiger partial charge in [0.2, 0.25) is 5.91 Å². The molecular formula is C23H24N2O6. The van der Waals surface area contributed by atoms with E-state index < -0.39 is 23.8 Å². The number of amides is 3. The summed E-state index contributed by atoms with van der Waals surface area (Å²) >= 11 is 0. The van der Waals surface area contributed by atoms with Gasteiger partial charge >= 0.3 is 0 Å². The first-order valence-electron chi connectivity index (χ1n) is 9.86. The van der Waals surface area contributed by atoms with Crippen molar-refractivity contribution in [1.82, 2.24) is 4.90 Å². The van der Waals surface area contributed by atoms with Crippen LogP contribution >= 0.6 is 0 Å². The first-order chi connectivity index (χ1) is 14.8. The van der Waals surface area contributed by atoms with Crippen molar-refractivity contribution in [3.63, 3.8) is 0 Å². The highest BCUT2D eigenvalue weighted by Crippen LogP contribution is 2.38. The lowest BCUT2D eigenvalue weighted by atomic mass is 9.99. The zero-order valence-corrected chi connectivity index (χ0v) is 17.6. The molecule has 162 valence electrons. The van der Waals surface area contributed by atoms with Crippen LogP contribution in [0.4, 0.5) is 0 Å². The van der Waals surface area contributed by atoms with Crippen molar-refractivity contribution in [2.45, 2.75) is 32.7 Å². The van der Waals surface area contributed by atoms with Gasteiger partial charge in [-0.3, -0.25) is 24.1 Å². The Kier molecular flexibility index (Phi) is 6.39. The number of Topliss-reactive ketones (excluding diaryl/α,β-unsaturated/α-hetero) is 1. The van der Waals surface area contributed by atoms with Crippen LogP contribution in [0.5, 0.6) is 11.5 Å². The smallest absolute Gasteiger partial charge is 0.262 e. The summed E-state index contributed by atoms with van der Waals surface area (Å²) in [4.78, 5) is 51.1. The van der Waals surface area contributed by atoms with Crippen LogP contribution in [0, 0.1) is 0 Å². The van der Waals surface area contributed by atoms with E-state index in [9.17, 15) is 19.2 Å². The molecule has 3 rings (SSSR count). The number of primary amides is 1. The fourth-order valence-corrected chi connectivity index (χ4v) is 3.79. The van der Waals surface area contributed by atoms with Gasteiger partial charge < -0.3 is 15.2 Å². The lowest BCUT2D eigenvalue weighted by Crippen LogP contribution is -2.35. The number of carbonyl (C=O) groups is 4. The van der Waals surface area contributed by atoms with Gasteiger partial charge in [0, 0.05) is 6.42 Å². The van der Waals surface area contributed by atoms with Crippen molar-refractivity contribution < 1.29 is 28.7 Å². The van der Waals surface area contributed by atoms with E-state index in [1.165, 1.54) is 20.1 Å². The minimum absolute atomic E-state index is 0.0610. The molecule has 1 aliphatic rings. The number of carbonyl (C=O) groups excluding carboxylic acids is 4. The summed E-state index contributed by atoms with van der Waals surface area (Å²) in [6.07, 6.45) is -0.223. The molecule has 2 aromatic rings. The predicted octanol–water partition coefficient (Wildman–Crippen LogP) is 2.44. The molecule has 0 saturated heterocycles.